The van der Waals surface area contributed by atoms with E-state index >= 15 is 0 Å². The summed E-state index contributed by atoms with van der Waals surface area (Å²) in [6.07, 6.45) is 2.50. The van der Waals surface area contributed by atoms with Crippen molar-refractivity contribution in [1.82, 2.24) is 5.32 Å². The molecule has 1 aliphatic heterocycles. The molecule has 0 saturated heterocycles. The van der Waals surface area contributed by atoms with E-state index in [1.54, 1.807) is 6.92 Å². The number of ketones is 1. The maximum Gasteiger partial charge on any atom is 0.265 e. The van der Waals surface area contributed by atoms with Crippen molar-refractivity contribution in [2.45, 2.75) is 19.0 Å². The zero-order chi connectivity index (χ0) is 13.9. The molecule has 7 nitrogen and oxygen atoms in total. The van der Waals surface area contributed by atoms with Crippen LogP contribution in [0.1, 0.15) is 6.92 Å². The Bertz CT molecular complexity index is 479. The summed E-state index contributed by atoms with van der Waals surface area (Å²) in [7, 11) is 0. The highest BCUT2D eigenvalue weighted by molar-refractivity contribution is 6.47. The van der Waals surface area contributed by atoms with Gasteiger partial charge in [-0.15, -0.1) is 6.58 Å². The maximum absolute atomic E-state index is 12.0. The number of rotatable bonds is 5. The molecule has 0 saturated carbocycles. The number of carbonyl (C=O) groups excluding carboxylic acids is 3. The lowest BCUT2D eigenvalue weighted by molar-refractivity contribution is -0.122. The molecule has 2 unspecified atom stereocenters. The summed E-state index contributed by atoms with van der Waals surface area (Å²) in [4.78, 5) is 37.9. The zero-order valence-electron chi connectivity index (χ0n) is 9.84. The number of nitrogens with zero attached hydrogens (tertiary/aromatic N) is 1. The second-order valence-electron chi connectivity index (χ2n) is 3.77. The van der Waals surface area contributed by atoms with E-state index in [9.17, 15) is 14.4 Å². The number of nitrogens with one attached hydrogen (secondary N) is 1. The Morgan fingerprint density at radius 2 is 2.11 bits per heavy atom. The first kappa shape index (κ1) is 13.8. The van der Waals surface area contributed by atoms with Gasteiger partial charge in [-0.05, 0) is 6.92 Å². The Kier molecular flexibility index (Phi) is 4.11. The third-order valence-corrected chi connectivity index (χ3v) is 2.43. The molecule has 0 fully saturated rings. The molecule has 2 atom stereocenters. The van der Waals surface area contributed by atoms with E-state index in [1.165, 1.54) is 6.08 Å². The molecule has 0 aromatic rings. The highest BCUT2D eigenvalue weighted by atomic mass is 16.2. The highest BCUT2D eigenvalue weighted by Crippen LogP contribution is 2.10. The van der Waals surface area contributed by atoms with Gasteiger partial charge in [-0.25, -0.2) is 0 Å². The highest BCUT2D eigenvalue weighted by Gasteiger charge is 2.35. The number of nitrogens with two attached hydrogens (primary N) is 2. The van der Waals surface area contributed by atoms with Crippen molar-refractivity contribution in [2.24, 2.45) is 16.5 Å². The third-order valence-electron chi connectivity index (χ3n) is 2.43. The number of carbonyl (C=O) groups is 3. The Hall–Kier alpha value is -2.28. The van der Waals surface area contributed by atoms with Gasteiger partial charge in [0.1, 0.15) is 17.3 Å². The minimum absolute atomic E-state index is 0.154. The molecule has 0 aromatic carbocycles. The van der Waals surface area contributed by atoms with Crippen LogP contribution in [0.15, 0.2) is 29.4 Å². The minimum Gasteiger partial charge on any atom is -0.365 e. The summed E-state index contributed by atoms with van der Waals surface area (Å²) >= 11 is 0. The van der Waals surface area contributed by atoms with Crippen LogP contribution in [0.25, 0.3) is 0 Å². The van der Waals surface area contributed by atoms with Crippen molar-refractivity contribution in [3.63, 3.8) is 0 Å². The number of hydrogen-bond acceptors (Lipinski definition) is 5. The van der Waals surface area contributed by atoms with Gasteiger partial charge in [0.2, 0.25) is 0 Å². The first-order valence-corrected chi connectivity index (χ1v) is 5.18. The number of hydrogen-bond donors (Lipinski definition) is 3. The molecular weight excluding hydrogens is 236 g/mol. The largest absolute Gasteiger partial charge is 0.365 e. The van der Waals surface area contributed by atoms with Crippen LogP contribution in [0, 0.1) is 0 Å². The predicted molar refractivity (Wildman–Crippen MR) is 65.5 cm³/mol. The van der Waals surface area contributed by atoms with Crippen molar-refractivity contribution >= 4 is 23.3 Å². The van der Waals surface area contributed by atoms with E-state index in [4.69, 9.17) is 11.5 Å². The number of amides is 2. The summed E-state index contributed by atoms with van der Waals surface area (Å²) in [5.41, 5.74) is 9.74. The molecule has 1 heterocycles. The molecule has 7 heteroatoms. The number of Topliss-reactive ketones (excluding diaryl/α,β-unsaturated/α-hetero) is 1. The fourth-order valence-corrected chi connectivity index (χ4v) is 1.43. The summed E-state index contributed by atoms with van der Waals surface area (Å²) in [6, 6.07) is -1.35. The van der Waals surface area contributed by atoms with Crippen molar-refractivity contribution < 1.29 is 14.4 Å². The summed E-state index contributed by atoms with van der Waals surface area (Å²) < 4.78 is 0. The van der Waals surface area contributed by atoms with Gasteiger partial charge in [-0.1, -0.05) is 6.08 Å². The molecule has 0 aliphatic carbocycles. The Morgan fingerprint density at radius 3 is 2.56 bits per heavy atom. The summed E-state index contributed by atoms with van der Waals surface area (Å²) in [5.74, 6) is -2.36. The minimum atomic E-state index is -1.08. The molecule has 1 aliphatic rings. The van der Waals surface area contributed by atoms with Crippen LogP contribution in [0.5, 0.6) is 0 Å². The number of aliphatic imine (C=N–C) groups is 1. The quantitative estimate of drug-likeness (QED) is 0.401. The second-order valence-corrected chi connectivity index (χ2v) is 3.77. The van der Waals surface area contributed by atoms with E-state index < -0.39 is 23.6 Å². The Balaban J connectivity index is 3.13. The normalized spacial score (nSPS) is 20.7. The van der Waals surface area contributed by atoms with Crippen molar-refractivity contribution in [3.8, 4) is 0 Å². The van der Waals surface area contributed by atoms with Crippen LogP contribution in [-0.4, -0.2) is 35.4 Å². The Morgan fingerprint density at radius 1 is 1.50 bits per heavy atom. The zero-order valence-corrected chi connectivity index (χ0v) is 9.84. The van der Waals surface area contributed by atoms with Crippen molar-refractivity contribution in [1.29, 1.82) is 0 Å². The van der Waals surface area contributed by atoms with Crippen LogP contribution in [-0.2, 0) is 14.4 Å². The summed E-state index contributed by atoms with van der Waals surface area (Å²) in [5, 5.41) is 2.79. The SMILES string of the molecule is C=CC(C)NC1C(=O)C(C(N)=O)=CN=C1C(N)=O. The van der Waals surface area contributed by atoms with E-state index in [-0.39, 0.29) is 17.3 Å². The molecule has 5 N–H and O–H groups in total. The van der Waals surface area contributed by atoms with E-state index in [0.29, 0.717) is 0 Å². The van der Waals surface area contributed by atoms with Gasteiger partial charge in [0.25, 0.3) is 11.8 Å². The first-order valence-electron chi connectivity index (χ1n) is 5.18. The molecule has 1 rings (SSSR count). The molecule has 0 radical (unpaired) electrons. The number of primary amides is 2. The molecule has 96 valence electrons. The van der Waals surface area contributed by atoms with Crippen LogP contribution < -0.4 is 16.8 Å². The van der Waals surface area contributed by atoms with Crippen molar-refractivity contribution in [3.05, 3.63) is 24.4 Å². The topological polar surface area (TPSA) is 128 Å². The van der Waals surface area contributed by atoms with Crippen LogP contribution >= 0.6 is 0 Å². The smallest absolute Gasteiger partial charge is 0.265 e. The molecule has 18 heavy (non-hydrogen) atoms. The fraction of sp³-hybridized carbons (Fsp3) is 0.273. The lowest BCUT2D eigenvalue weighted by atomic mass is 9.96. The maximum atomic E-state index is 12.0. The lowest BCUT2D eigenvalue weighted by Crippen LogP contribution is -2.53. The molecule has 0 aromatic heterocycles. The molecule has 2 amide bonds. The van der Waals surface area contributed by atoms with E-state index in [0.717, 1.165) is 6.20 Å². The monoisotopic (exact) mass is 250 g/mol. The first-order chi connectivity index (χ1) is 8.38. The van der Waals surface area contributed by atoms with Gasteiger partial charge >= 0.3 is 0 Å². The fourth-order valence-electron chi connectivity index (χ4n) is 1.43. The average molecular weight is 250 g/mol. The van der Waals surface area contributed by atoms with Crippen LogP contribution in [0.3, 0.4) is 0 Å². The molecular formula is C11H14N4O3. The molecule has 0 bridgehead atoms. The predicted octanol–water partition coefficient (Wildman–Crippen LogP) is -1.60. The standard InChI is InChI=1S/C11H14N4O3/c1-3-5(2)15-7-8(11(13)18)14-4-6(9(7)16)10(12)17/h3-5,7,15H,1H2,2H3,(H2,12,17)(H2,13,18). The second kappa shape index (κ2) is 5.37. The van der Waals surface area contributed by atoms with E-state index in [1.807, 2.05) is 0 Å². The van der Waals surface area contributed by atoms with E-state index in [2.05, 4.69) is 16.9 Å². The van der Waals surface area contributed by atoms with Gasteiger partial charge < -0.3 is 11.5 Å². The van der Waals surface area contributed by atoms with Crippen LogP contribution in [0.4, 0.5) is 0 Å². The Labute approximate surface area is 104 Å². The third kappa shape index (κ3) is 2.69. The van der Waals surface area contributed by atoms with Gasteiger partial charge in [0.05, 0.1) is 0 Å². The van der Waals surface area contributed by atoms with Gasteiger partial charge in [0, 0.05) is 12.2 Å². The van der Waals surface area contributed by atoms with Gasteiger partial charge in [-0.3, -0.25) is 24.7 Å². The van der Waals surface area contributed by atoms with Gasteiger partial charge in [0.15, 0.2) is 5.78 Å². The average Bonchev–Trinajstić information content (AvgIpc) is 2.30. The summed E-state index contributed by atoms with van der Waals surface area (Å²) in [6.45, 7) is 5.26. The van der Waals surface area contributed by atoms with Crippen LogP contribution in [0.2, 0.25) is 0 Å². The lowest BCUT2D eigenvalue weighted by Gasteiger charge is -2.23. The van der Waals surface area contributed by atoms with Crippen molar-refractivity contribution in [2.75, 3.05) is 0 Å². The van der Waals surface area contributed by atoms with Gasteiger partial charge in [-0.2, -0.15) is 0 Å². The molecule has 0 spiro atoms.